The molecule has 0 heterocycles. The van der Waals surface area contributed by atoms with E-state index in [1.807, 2.05) is 0 Å². The molecule has 0 saturated carbocycles. The Morgan fingerprint density at radius 2 is 2.06 bits per heavy atom. The lowest BCUT2D eigenvalue weighted by atomic mass is 9.99. The number of unbranched alkanes of at least 4 members (excludes halogenated alkanes) is 1. The van der Waals surface area contributed by atoms with Crippen molar-refractivity contribution in [2.45, 2.75) is 39.5 Å². The van der Waals surface area contributed by atoms with Gasteiger partial charge >= 0.3 is 0 Å². The van der Waals surface area contributed by atoms with Gasteiger partial charge in [-0.1, -0.05) is 45.2 Å². The van der Waals surface area contributed by atoms with Gasteiger partial charge in [0.1, 0.15) is 5.82 Å². The van der Waals surface area contributed by atoms with Crippen LogP contribution in [0.15, 0.2) is 24.3 Å². The Hall–Kier alpha value is -1.38. The molecule has 0 saturated heterocycles. The molecule has 18 heavy (non-hydrogen) atoms. The molecular formula is C15H22FNO. The molecule has 0 aliphatic rings. The number of carbonyl (C=O) groups excluding carboxylic acids is 1. The van der Waals surface area contributed by atoms with E-state index in [1.165, 1.54) is 18.6 Å². The van der Waals surface area contributed by atoms with Gasteiger partial charge in [0.2, 0.25) is 0 Å². The number of nitrogens with one attached hydrogen (secondary N) is 1. The van der Waals surface area contributed by atoms with E-state index in [4.69, 9.17) is 0 Å². The Morgan fingerprint density at radius 1 is 1.33 bits per heavy atom. The molecule has 3 heteroatoms. The van der Waals surface area contributed by atoms with Crippen LogP contribution in [0.25, 0.3) is 0 Å². The third-order valence-electron chi connectivity index (χ3n) is 3.21. The summed E-state index contributed by atoms with van der Waals surface area (Å²) in [4.78, 5) is 11.8. The lowest BCUT2D eigenvalue weighted by Crippen LogP contribution is -2.29. The van der Waals surface area contributed by atoms with Crippen molar-refractivity contribution in [3.8, 4) is 0 Å². The lowest BCUT2D eigenvalue weighted by molar-refractivity contribution is 0.0942. The van der Waals surface area contributed by atoms with E-state index in [2.05, 4.69) is 19.2 Å². The molecule has 0 bridgehead atoms. The minimum atomic E-state index is -0.461. The number of carbonyl (C=O) groups is 1. The number of benzene rings is 1. The predicted molar refractivity (Wildman–Crippen MR) is 72.0 cm³/mol. The Labute approximate surface area is 109 Å². The predicted octanol–water partition coefficient (Wildman–Crippen LogP) is 3.77. The van der Waals surface area contributed by atoms with Crippen molar-refractivity contribution < 1.29 is 9.18 Å². The van der Waals surface area contributed by atoms with Crippen molar-refractivity contribution in [3.63, 3.8) is 0 Å². The van der Waals surface area contributed by atoms with Gasteiger partial charge in [0, 0.05) is 6.54 Å². The molecule has 1 aromatic rings. The molecule has 0 aliphatic carbocycles. The van der Waals surface area contributed by atoms with Crippen LogP contribution >= 0.6 is 0 Å². The summed E-state index contributed by atoms with van der Waals surface area (Å²) in [5.74, 6) is -0.291. The van der Waals surface area contributed by atoms with Crippen LogP contribution in [0.3, 0.4) is 0 Å². The normalized spacial score (nSPS) is 12.2. The van der Waals surface area contributed by atoms with Gasteiger partial charge in [0.15, 0.2) is 0 Å². The van der Waals surface area contributed by atoms with Crippen LogP contribution in [0.5, 0.6) is 0 Å². The van der Waals surface area contributed by atoms with Crippen LogP contribution < -0.4 is 5.32 Å². The summed E-state index contributed by atoms with van der Waals surface area (Å²) in [6.45, 7) is 4.91. The molecular weight excluding hydrogens is 229 g/mol. The van der Waals surface area contributed by atoms with Crippen LogP contribution in [0.4, 0.5) is 4.39 Å². The van der Waals surface area contributed by atoms with Gasteiger partial charge in [-0.25, -0.2) is 4.39 Å². The van der Waals surface area contributed by atoms with Crippen LogP contribution in [0.1, 0.15) is 49.9 Å². The molecule has 1 amide bonds. The zero-order chi connectivity index (χ0) is 13.4. The van der Waals surface area contributed by atoms with E-state index in [0.29, 0.717) is 12.5 Å². The molecule has 0 spiro atoms. The summed E-state index contributed by atoms with van der Waals surface area (Å²) < 4.78 is 13.4. The quantitative estimate of drug-likeness (QED) is 0.785. The van der Waals surface area contributed by atoms with Gasteiger partial charge in [-0.15, -0.1) is 0 Å². The molecule has 0 radical (unpaired) electrons. The zero-order valence-electron chi connectivity index (χ0n) is 11.2. The molecule has 1 aromatic carbocycles. The Balaban J connectivity index is 2.47. The van der Waals surface area contributed by atoms with Gasteiger partial charge in [-0.3, -0.25) is 4.79 Å². The lowest BCUT2D eigenvalue weighted by Gasteiger charge is -2.15. The number of rotatable bonds is 7. The van der Waals surface area contributed by atoms with Crippen LogP contribution in [-0.2, 0) is 0 Å². The molecule has 1 N–H and O–H groups in total. The first kappa shape index (κ1) is 14.7. The maximum atomic E-state index is 13.4. The second-order valence-electron chi connectivity index (χ2n) is 4.61. The standard InChI is InChI=1S/C15H22FNO/c1-3-5-8-12(4-2)11-17-15(18)13-9-6-7-10-14(13)16/h6-7,9-10,12H,3-5,8,11H2,1-2H3,(H,17,18). The summed E-state index contributed by atoms with van der Waals surface area (Å²) in [6, 6.07) is 6.08. The van der Waals surface area contributed by atoms with Crippen molar-refractivity contribution in [1.29, 1.82) is 0 Å². The van der Waals surface area contributed by atoms with Crippen LogP contribution in [-0.4, -0.2) is 12.5 Å². The van der Waals surface area contributed by atoms with Crippen molar-refractivity contribution >= 4 is 5.91 Å². The molecule has 0 aromatic heterocycles. The third-order valence-corrected chi connectivity index (χ3v) is 3.21. The largest absolute Gasteiger partial charge is 0.352 e. The fourth-order valence-electron chi connectivity index (χ4n) is 1.92. The first-order valence-corrected chi connectivity index (χ1v) is 6.71. The minimum Gasteiger partial charge on any atom is -0.352 e. The molecule has 100 valence electrons. The van der Waals surface area contributed by atoms with Crippen LogP contribution in [0, 0.1) is 11.7 Å². The highest BCUT2D eigenvalue weighted by Gasteiger charge is 2.12. The SMILES string of the molecule is CCCCC(CC)CNC(=O)c1ccccc1F. The Kier molecular flexibility index (Phi) is 6.40. The minimum absolute atomic E-state index is 0.128. The molecule has 1 rings (SSSR count). The van der Waals surface area contributed by atoms with Crippen molar-refractivity contribution in [1.82, 2.24) is 5.32 Å². The molecule has 2 nitrogen and oxygen atoms in total. The average Bonchev–Trinajstić information content (AvgIpc) is 2.39. The molecule has 0 aliphatic heterocycles. The van der Waals surface area contributed by atoms with E-state index >= 15 is 0 Å². The fraction of sp³-hybridized carbons (Fsp3) is 0.533. The third kappa shape index (κ3) is 4.47. The Morgan fingerprint density at radius 3 is 2.67 bits per heavy atom. The molecule has 0 fully saturated rings. The van der Waals surface area contributed by atoms with E-state index in [-0.39, 0.29) is 11.5 Å². The smallest absolute Gasteiger partial charge is 0.254 e. The maximum absolute atomic E-state index is 13.4. The number of halogens is 1. The maximum Gasteiger partial charge on any atom is 0.254 e. The van der Waals surface area contributed by atoms with Crippen molar-refractivity contribution in [2.75, 3.05) is 6.54 Å². The van der Waals surface area contributed by atoms with E-state index in [0.717, 1.165) is 19.3 Å². The number of hydrogen-bond acceptors (Lipinski definition) is 1. The van der Waals surface area contributed by atoms with Gasteiger partial charge in [-0.2, -0.15) is 0 Å². The highest BCUT2D eigenvalue weighted by molar-refractivity contribution is 5.94. The Bertz CT molecular complexity index is 379. The summed E-state index contributed by atoms with van der Waals surface area (Å²) in [6.07, 6.45) is 4.49. The van der Waals surface area contributed by atoms with E-state index in [1.54, 1.807) is 12.1 Å². The second kappa shape index (κ2) is 7.85. The zero-order valence-corrected chi connectivity index (χ0v) is 11.2. The topological polar surface area (TPSA) is 29.1 Å². The van der Waals surface area contributed by atoms with Gasteiger partial charge in [0.05, 0.1) is 5.56 Å². The first-order chi connectivity index (χ1) is 8.69. The van der Waals surface area contributed by atoms with Crippen molar-refractivity contribution in [2.24, 2.45) is 5.92 Å². The fourth-order valence-corrected chi connectivity index (χ4v) is 1.92. The number of amides is 1. The first-order valence-electron chi connectivity index (χ1n) is 6.71. The highest BCUT2D eigenvalue weighted by Crippen LogP contribution is 2.12. The average molecular weight is 251 g/mol. The molecule has 1 atom stereocenters. The van der Waals surface area contributed by atoms with E-state index < -0.39 is 5.82 Å². The summed E-state index contributed by atoms with van der Waals surface area (Å²) >= 11 is 0. The van der Waals surface area contributed by atoms with Gasteiger partial charge < -0.3 is 5.32 Å². The molecule has 1 unspecified atom stereocenters. The monoisotopic (exact) mass is 251 g/mol. The number of hydrogen-bond donors (Lipinski definition) is 1. The van der Waals surface area contributed by atoms with Crippen molar-refractivity contribution in [3.05, 3.63) is 35.6 Å². The van der Waals surface area contributed by atoms with E-state index in [9.17, 15) is 9.18 Å². The van der Waals surface area contributed by atoms with Crippen LogP contribution in [0.2, 0.25) is 0 Å². The second-order valence-corrected chi connectivity index (χ2v) is 4.61. The van der Waals surface area contributed by atoms with Gasteiger partial charge in [-0.05, 0) is 24.5 Å². The summed E-state index contributed by atoms with van der Waals surface area (Å²) in [5, 5.41) is 2.82. The summed E-state index contributed by atoms with van der Waals surface area (Å²) in [5.41, 5.74) is 0.128. The highest BCUT2D eigenvalue weighted by atomic mass is 19.1. The van der Waals surface area contributed by atoms with Gasteiger partial charge in [0.25, 0.3) is 5.91 Å². The summed E-state index contributed by atoms with van der Waals surface area (Å²) in [7, 11) is 0.